The topological polar surface area (TPSA) is 49.4 Å². The monoisotopic (exact) mass is 312 g/mol. The zero-order valence-corrected chi connectivity index (χ0v) is 12.5. The SMILES string of the molecule is O=C1NCCN(C(=O)Cc2ccc(F)cc2)C1c1ccccc1. The molecule has 2 aromatic rings. The molecule has 0 spiro atoms. The van der Waals surface area contributed by atoms with E-state index in [9.17, 15) is 14.0 Å². The average molecular weight is 312 g/mol. The third-order valence-corrected chi connectivity index (χ3v) is 3.92. The second-order valence-corrected chi connectivity index (χ2v) is 5.49. The van der Waals surface area contributed by atoms with Crippen molar-refractivity contribution in [3.63, 3.8) is 0 Å². The molecular formula is C18H17FN2O2. The van der Waals surface area contributed by atoms with Crippen molar-refractivity contribution in [2.45, 2.75) is 12.5 Å². The minimum atomic E-state index is -0.613. The Morgan fingerprint density at radius 2 is 1.83 bits per heavy atom. The number of carbonyl (C=O) groups excluding carboxylic acids is 2. The summed E-state index contributed by atoms with van der Waals surface area (Å²) in [5.74, 6) is -0.643. The van der Waals surface area contributed by atoms with Crippen molar-refractivity contribution in [2.75, 3.05) is 13.1 Å². The first-order valence-corrected chi connectivity index (χ1v) is 7.52. The highest BCUT2D eigenvalue weighted by Gasteiger charge is 2.33. The van der Waals surface area contributed by atoms with Gasteiger partial charge in [0.15, 0.2) is 0 Å². The zero-order valence-electron chi connectivity index (χ0n) is 12.5. The molecule has 1 fully saturated rings. The number of hydrogen-bond acceptors (Lipinski definition) is 2. The summed E-state index contributed by atoms with van der Waals surface area (Å²) in [5.41, 5.74) is 1.52. The molecule has 1 unspecified atom stereocenters. The number of rotatable bonds is 3. The first-order chi connectivity index (χ1) is 11.1. The van der Waals surface area contributed by atoms with E-state index in [0.29, 0.717) is 13.1 Å². The van der Waals surface area contributed by atoms with Gasteiger partial charge in [-0.1, -0.05) is 42.5 Å². The zero-order chi connectivity index (χ0) is 16.2. The van der Waals surface area contributed by atoms with Gasteiger partial charge in [-0.15, -0.1) is 0 Å². The van der Waals surface area contributed by atoms with Crippen molar-refractivity contribution in [1.29, 1.82) is 0 Å². The second-order valence-electron chi connectivity index (χ2n) is 5.49. The van der Waals surface area contributed by atoms with E-state index in [2.05, 4.69) is 5.32 Å². The standard InChI is InChI=1S/C18H17FN2O2/c19-15-8-6-13(7-9-15)12-16(22)21-11-10-20-18(23)17(21)14-4-2-1-3-5-14/h1-9,17H,10-12H2,(H,20,23). The van der Waals surface area contributed by atoms with Crippen LogP contribution < -0.4 is 5.32 Å². The lowest BCUT2D eigenvalue weighted by Crippen LogP contribution is -2.52. The quantitative estimate of drug-likeness (QED) is 0.943. The number of benzene rings is 2. The highest BCUT2D eigenvalue weighted by molar-refractivity contribution is 5.90. The van der Waals surface area contributed by atoms with Gasteiger partial charge in [-0.25, -0.2) is 4.39 Å². The third kappa shape index (κ3) is 3.39. The van der Waals surface area contributed by atoms with Crippen LogP contribution in [0.3, 0.4) is 0 Å². The van der Waals surface area contributed by atoms with Crippen LogP contribution in [0.25, 0.3) is 0 Å². The van der Waals surface area contributed by atoms with Crippen molar-refractivity contribution in [3.05, 3.63) is 71.5 Å². The fourth-order valence-electron chi connectivity index (χ4n) is 2.78. The average Bonchev–Trinajstić information content (AvgIpc) is 2.57. The third-order valence-electron chi connectivity index (χ3n) is 3.92. The summed E-state index contributed by atoms with van der Waals surface area (Å²) in [6.45, 7) is 0.905. The Bertz CT molecular complexity index is 701. The highest BCUT2D eigenvalue weighted by atomic mass is 19.1. The maximum absolute atomic E-state index is 13.0. The second kappa shape index (κ2) is 6.60. The normalized spacial score (nSPS) is 17.7. The molecule has 1 N–H and O–H groups in total. The molecule has 1 saturated heterocycles. The highest BCUT2D eigenvalue weighted by Crippen LogP contribution is 2.24. The van der Waals surface area contributed by atoms with Crippen LogP contribution in [-0.2, 0) is 16.0 Å². The molecule has 1 atom stereocenters. The fraction of sp³-hybridized carbons (Fsp3) is 0.222. The van der Waals surface area contributed by atoms with Gasteiger partial charge in [-0.05, 0) is 23.3 Å². The van der Waals surface area contributed by atoms with E-state index in [0.717, 1.165) is 11.1 Å². The Labute approximate surface area is 133 Å². The number of nitrogens with zero attached hydrogens (tertiary/aromatic N) is 1. The van der Waals surface area contributed by atoms with Gasteiger partial charge >= 0.3 is 0 Å². The number of amides is 2. The van der Waals surface area contributed by atoms with Crippen LogP contribution in [0.5, 0.6) is 0 Å². The summed E-state index contributed by atoms with van der Waals surface area (Å²) in [4.78, 5) is 26.5. The summed E-state index contributed by atoms with van der Waals surface area (Å²) in [6.07, 6.45) is 0.150. The Kier molecular flexibility index (Phi) is 4.37. The van der Waals surface area contributed by atoms with Gasteiger partial charge in [-0.3, -0.25) is 9.59 Å². The molecule has 1 aliphatic rings. The molecule has 0 bridgehead atoms. The summed E-state index contributed by atoms with van der Waals surface area (Å²) < 4.78 is 13.0. The van der Waals surface area contributed by atoms with Crippen molar-refractivity contribution < 1.29 is 14.0 Å². The van der Waals surface area contributed by atoms with E-state index in [1.54, 1.807) is 17.0 Å². The predicted octanol–water partition coefficient (Wildman–Crippen LogP) is 2.07. The van der Waals surface area contributed by atoms with Crippen LogP contribution in [0.1, 0.15) is 17.2 Å². The largest absolute Gasteiger partial charge is 0.352 e. The lowest BCUT2D eigenvalue weighted by molar-refractivity contribution is -0.143. The molecule has 0 aliphatic carbocycles. The minimum Gasteiger partial charge on any atom is -0.352 e. The number of hydrogen-bond donors (Lipinski definition) is 1. The van der Waals surface area contributed by atoms with E-state index in [4.69, 9.17) is 0 Å². The van der Waals surface area contributed by atoms with Gasteiger partial charge in [-0.2, -0.15) is 0 Å². The van der Waals surface area contributed by atoms with Gasteiger partial charge in [0.25, 0.3) is 0 Å². The minimum absolute atomic E-state index is 0.139. The molecule has 3 rings (SSSR count). The molecule has 0 aromatic heterocycles. The molecule has 1 aliphatic heterocycles. The first kappa shape index (κ1) is 15.2. The Hall–Kier alpha value is -2.69. The van der Waals surface area contributed by atoms with E-state index in [1.165, 1.54) is 12.1 Å². The fourth-order valence-corrected chi connectivity index (χ4v) is 2.78. The number of halogens is 1. The van der Waals surface area contributed by atoms with Crippen LogP contribution in [-0.4, -0.2) is 29.8 Å². The van der Waals surface area contributed by atoms with Crippen molar-refractivity contribution in [1.82, 2.24) is 10.2 Å². The lowest BCUT2D eigenvalue weighted by Gasteiger charge is -2.35. The molecule has 4 nitrogen and oxygen atoms in total. The summed E-state index contributed by atoms with van der Waals surface area (Å²) in [7, 11) is 0. The Morgan fingerprint density at radius 1 is 1.13 bits per heavy atom. The molecule has 1 heterocycles. The maximum atomic E-state index is 13.0. The summed E-state index contributed by atoms with van der Waals surface area (Å²) in [5, 5.41) is 2.80. The molecule has 2 aromatic carbocycles. The Balaban J connectivity index is 1.82. The smallest absolute Gasteiger partial charge is 0.247 e. The number of carbonyl (C=O) groups is 2. The lowest BCUT2D eigenvalue weighted by atomic mass is 10.0. The Morgan fingerprint density at radius 3 is 2.52 bits per heavy atom. The van der Waals surface area contributed by atoms with Gasteiger partial charge < -0.3 is 10.2 Å². The summed E-state index contributed by atoms with van der Waals surface area (Å²) in [6, 6.07) is 14.5. The van der Waals surface area contributed by atoms with Crippen LogP contribution in [0.15, 0.2) is 54.6 Å². The van der Waals surface area contributed by atoms with Crippen molar-refractivity contribution in [3.8, 4) is 0 Å². The van der Waals surface area contributed by atoms with Crippen molar-refractivity contribution >= 4 is 11.8 Å². The van der Waals surface area contributed by atoms with Gasteiger partial charge in [0.1, 0.15) is 11.9 Å². The van der Waals surface area contributed by atoms with Gasteiger partial charge in [0.2, 0.25) is 11.8 Å². The van der Waals surface area contributed by atoms with Gasteiger partial charge in [0.05, 0.1) is 6.42 Å². The molecule has 118 valence electrons. The van der Waals surface area contributed by atoms with Crippen LogP contribution in [0, 0.1) is 5.82 Å². The number of nitrogens with one attached hydrogen (secondary N) is 1. The first-order valence-electron chi connectivity index (χ1n) is 7.52. The molecule has 23 heavy (non-hydrogen) atoms. The van der Waals surface area contributed by atoms with E-state index < -0.39 is 6.04 Å². The van der Waals surface area contributed by atoms with Crippen molar-refractivity contribution in [2.24, 2.45) is 0 Å². The van der Waals surface area contributed by atoms with Crippen LogP contribution in [0.4, 0.5) is 4.39 Å². The molecule has 5 heteroatoms. The maximum Gasteiger partial charge on any atom is 0.247 e. The molecule has 0 saturated carbocycles. The van der Waals surface area contributed by atoms with Crippen LogP contribution in [0.2, 0.25) is 0 Å². The molecule has 0 radical (unpaired) electrons. The van der Waals surface area contributed by atoms with Gasteiger partial charge in [0, 0.05) is 13.1 Å². The molecular weight excluding hydrogens is 295 g/mol. The predicted molar refractivity (Wildman–Crippen MR) is 84.0 cm³/mol. The van der Waals surface area contributed by atoms with E-state index >= 15 is 0 Å². The van der Waals surface area contributed by atoms with E-state index in [1.807, 2.05) is 30.3 Å². The molecule has 2 amide bonds. The van der Waals surface area contributed by atoms with Crippen LogP contribution >= 0.6 is 0 Å². The van der Waals surface area contributed by atoms with E-state index in [-0.39, 0.29) is 24.1 Å². The number of piperazine rings is 1. The summed E-state index contributed by atoms with van der Waals surface area (Å²) >= 11 is 0.